The SMILES string of the molecule is O=C1C=CC(=C2C=CC(=O)C(c3cc(O)ccc3O)=C2)C=C1. The van der Waals surface area contributed by atoms with Crippen LogP contribution < -0.4 is 0 Å². The summed E-state index contributed by atoms with van der Waals surface area (Å²) in [4.78, 5) is 23.2. The average Bonchev–Trinajstić information content (AvgIpc) is 2.51. The molecule has 0 heterocycles. The van der Waals surface area contributed by atoms with Gasteiger partial charge in [-0.05, 0) is 53.6 Å². The maximum atomic E-state index is 12.1. The summed E-state index contributed by atoms with van der Waals surface area (Å²) in [5.74, 6) is -0.463. The Balaban J connectivity index is 2.11. The van der Waals surface area contributed by atoms with Gasteiger partial charge in [0.15, 0.2) is 11.6 Å². The highest BCUT2D eigenvalue weighted by atomic mass is 16.3. The molecule has 0 radical (unpaired) electrons. The number of hydrogen-bond acceptors (Lipinski definition) is 4. The quantitative estimate of drug-likeness (QED) is 0.780. The first-order chi connectivity index (χ1) is 10.5. The average molecular weight is 292 g/mol. The molecule has 0 aliphatic heterocycles. The van der Waals surface area contributed by atoms with Gasteiger partial charge >= 0.3 is 0 Å². The molecule has 1 aromatic carbocycles. The summed E-state index contributed by atoms with van der Waals surface area (Å²) in [6, 6.07) is 4.03. The molecular weight excluding hydrogens is 280 g/mol. The number of phenolic OH excluding ortho intramolecular Hbond substituents is 2. The minimum absolute atomic E-state index is 0.0340. The summed E-state index contributed by atoms with van der Waals surface area (Å²) in [6.07, 6.45) is 10.9. The molecule has 0 atom stereocenters. The molecule has 0 amide bonds. The van der Waals surface area contributed by atoms with Crippen molar-refractivity contribution < 1.29 is 19.8 Å². The van der Waals surface area contributed by atoms with E-state index in [4.69, 9.17) is 0 Å². The van der Waals surface area contributed by atoms with Gasteiger partial charge in [-0.25, -0.2) is 0 Å². The molecule has 4 nitrogen and oxygen atoms in total. The van der Waals surface area contributed by atoms with Crippen LogP contribution in [0.1, 0.15) is 5.56 Å². The van der Waals surface area contributed by atoms with Crippen LogP contribution in [0.15, 0.2) is 71.9 Å². The van der Waals surface area contributed by atoms with Crippen molar-refractivity contribution in [3.05, 3.63) is 77.4 Å². The highest BCUT2D eigenvalue weighted by Gasteiger charge is 2.18. The van der Waals surface area contributed by atoms with E-state index in [0.29, 0.717) is 0 Å². The Labute approximate surface area is 126 Å². The first-order valence-electron chi connectivity index (χ1n) is 6.65. The minimum atomic E-state index is -0.259. The van der Waals surface area contributed by atoms with E-state index in [-0.39, 0.29) is 34.2 Å². The van der Waals surface area contributed by atoms with Crippen molar-refractivity contribution in [2.45, 2.75) is 0 Å². The molecule has 2 N–H and O–H groups in total. The lowest BCUT2D eigenvalue weighted by atomic mass is 9.90. The van der Waals surface area contributed by atoms with Crippen LogP contribution in [0.4, 0.5) is 0 Å². The molecule has 0 aromatic heterocycles. The summed E-state index contributed by atoms with van der Waals surface area (Å²) in [5, 5.41) is 19.5. The number of allylic oxidation sites excluding steroid dienone is 10. The van der Waals surface area contributed by atoms with Gasteiger partial charge in [-0.1, -0.05) is 18.2 Å². The summed E-state index contributed by atoms with van der Waals surface area (Å²) < 4.78 is 0. The van der Waals surface area contributed by atoms with E-state index < -0.39 is 0 Å². The van der Waals surface area contributed by atoms with Gasteiger partial charge in [0.05, 0.1) is 0 Å². The number of carbonyl (C=O) groups is 2. The fraction of sp³-hybridized carbons (Fsp3) is 0. The Morgan fingerprint density at radius 1 is 0.773 bits per heavy atom. The zero-order chi connectivity index (χ0) is 15.7. The fourth-order valence-corrected chi connectivity index (χ4v) is 2.31. The largest absolute Gasteiger partial charge is 0.508 e. The third-order valence-electron chi connectivity index (χ3n) is 3.44. The van der Waals surface area contributed by atoms with Crippen LogP contribution in [0.3, 0.4) is 0 Å². The zero-order valence-electron chi connectivity index (χ0n) is 11.5. The fourth-order valence-electron chi connectivity index (χ4n) is 2.31. The lowest BCUT2D eigenvalue weighted by Gasteiger charge is -2.13. The smallest absolute Gasteiger partial charge is 0.186 e. The molecule has 2 aliphatic rings. The minimum Gasteiger partial charge on any atom is -0.508 e. The summed E-state index contributed by atoms with van der Waals surface area (Å²) >= 11 is 0. The van der Waals surface area contributed by atoms with Gasteiger partial charge in [0.2, 0.25) is 0 Å². The molecule has 0 saturated carbocycles. The second kappa shape index (κ2) is 5.33. The molecule has 22 heavy (non-hydrogen) atoms. The molecular formula is C18H12O4. The normalized spacial score (nSPS) is 17.2. The highest BCUT2D eigenvalue weighted by molar-refractivity contribution is 6.28. The number of aromatic hydroxyl groups is 2. The Kier molecular flexibility index (Phi) is 3.35. The Bertz CT molecular complexity index is 815. The Hall–Kier alpha value is -3.14. The monoisotopic (exact) mass is 292 g/mol. The van der Waals surface area contributed by atoms with Gasteiger partial charge in [-0.15, -0.1) is 0 Å². The van der Waals surface area contributed by atoms with E-state index in [0.717, 1.165) is 11.1 Å². The third kappa shape index (κ3) is 2.54. The van der Waals surface area contributed by atoms with Gasteiger partial charge in [0.25, 0.3) is 0 Å². The van der Waals surface area contributed by atoms with E-state index in [1.807, 2.05) is 0 Å². The van der Waals surface area contributed by atoms with Crippen LogP contribution in [0, 0.1) is 0 Å². The van der Waals surface area contributed by atoms with E-state index in [1.54, 1.807) is 24.3 Å². The highest BCUT2D eigenvalue weighted by Crippen LogP contribution is 2.33. The van der Waals surface area contributed by atoms with Crippen LogP contribution in [-0.4, -0.2) is 21.8 Å². The Morgan fingerprint density at radius 3 is 2.18 bits per heavy atom. The maximum absolute atomic E-state index is 12.1. The van der Waals surface area contributed by atoms with Crippen LogP contribution in [-0.2, 0) is 9.59 Å². The van der Waals surface area contributed by atoms with Crippen molar-refractivity contribution >= 4 is 17.1 Å². The predicted octanol–water partition coefficient (Wildman–Crippen LogP) is 2.61. The van der Waals surface area contributed by atoms with E-state index in [9.17, 15) is 19.8 Å². The van der Waals surface area contributed by atoms with Crippen LogP contribution >= 0.6 is 0 Å². The molecule has 3 rings (SSSR count). The number of ketones is 2. The van der Waals surface area contributed by atoms with Gasteiger partial charge < -0.3 is 10.2 Å². The topological polar surface area (TPSA) is 74.6 Å². The van der Waals surface area contributed by atoms with Gasteiger partial charge in [-0.2, -0.15) is 0 Å². The van der Waals surface area contributed by atoms with Crippen molar-refractivity contribution in [2.24, 2.45) is 0 Å². The molecule has 4 heteroatoms. The first-order valence-corrected chi connectivity index (χ1v) is 6.65. The van der Waals surface area contributed by atoms with Crippen molar-refractivity contribution in [3.63, 3.8) is 0 Å². The lowest BCUT2D eigenvalue weighted by Crippen LogP contribution is -2.04. The standard InChI is InChI=1S/C18H12O4/c19-13-4-1-11(2-5-13)12-3-7-17(21)15(9-12)16-10-14(20)6-8-18(16)22/h1-10,20,22H. The molecule has 2 aliphatic carbocycles. The van der Waals surface area contributed by atoms with E-state index in [2.05, 4.69) is 0 Å². The maximum Gasteiger partial charge on any atom is 0.186 e. The molecule has 0 unspecified atom stereocenters. The van der Waals surface area contributed by atoms with Gasteiger partial charge in [0.1, 0.15) is 11.5 Å². The van der Waals surface area contributed by atoms with Crippen molar-refractivity contribution in [1.82, 2.24) is 0 Å². The van der Waals surface area contributed by atoms with E-state index in [1.165, 1.54) is 36.4 Å². The molecule has 0 saturated heterocycles. The molecule has 0 bridgehead atoms. The van der Waals surface area contributed by atoms with Crippen molar-refractivity contribution in [3.8, 4) is 11.5 Å². The van der Waals surface area contributed by atoms with Crippen LogP contribution in [0.2, 0.25) is 0 Å². The number of benzene rings is 1. The van der Waals surface area contributed by atoms with Gasteiger partial charge in [-0.3, -0.25) is 9.59 Å². The third-order valence-corrected chi connectivity index (χ3v) is 3.44. The second-order valence-electron chi connectivity index (χ2n) is 4.94. The van der Waals surface area contributed by atoms with Crippen molar-refractivity contribution in [2.75, 3.05) is 0 Å². The number of phenols is 2. The molecule has 0 fully saturated rings. The summed E-state index contributed by atoms with van der Waals surface area (Å²) in [6.45, 7) is 0. The molecule has 0 spiro atoms. The first kappa shape index (κ1) is 13.8. The van der Waals surface area contributed by atoms with Crippen molar-refractivity contribution in [1.29, 1.82) is 0 Å². The van der Waals surface area contributed by atoms with E-state index >= 15 is 0 Å². The van der Waals surface area contributed by atoms with Gasteiger partial charge in [0, 0.05) is 11.1 Å². The second-order valence-corrected chi connectivity index (χ2v) is 4.94. The Morgan fingerprint density at radius 2 is 1.45 bits per heavy atom. The lowest BCUT2D eigenvalue weighted by molar-refractivity contribution is -0.111. The zero-order valence-corrected chi connectivity index (χ0v) is 11.5. The van der Waals surface area contributed by atoms with Crippen LogP contribution in [0.5, 0.6) is 11.5 Å². The number of carbonyl (C=O) groups excluding carboxylic acids is 2. The molecule has 108 valence electrons. The molecule has 1 aromatic rings. The predicted molar refractivity (Wildman–Crippen MR) is 82.2 cm³/mol. The summed E-state index contributed by atoms with van der Waals surface area (Å²) in [7, 11) is 0. The number of hydrogen-bond donors (Lipinski definition) is 2. The number of rotatable bonds is 1. The van der Waals surface area contributed by atoms with Crippen LogP contribution in [0.25, 0.3) is 5.57 Å². The summed E-state index contributed by atoms with van der Waals surface area (Å²) in [5.41, 5.74) is 2.10.